The molecular formula is C22H27ClN4O4. The number of hydrogen-bond acceptors (Lipinski definition) is 5. The predicted molar refractivity (Wildman–Crippen MR) is 118 cm³/mol. The average Bonchev–Trinajstić information content (AvgIpc) is 2.77. The van der Waals surface area contributed by atoms with Crippen LogP contribution in [-0.4, -0.2) is 53.4 Å². The van der Waals surface area contributed by atoms with E-state index in [-0.39, 0.29) is 37.1 Å². The van der Waals surface area contributed by atoms with Gasteiger partial charge in [0, 0.05) is 29.1 Å². The van der Waals surface area contributed by atoms with E-state index in [0.29, 0.717) is 30.1 Å². The number of nitrogens with zero attached hydrogens (tertiary/aromatic N) is 1. The van der Waals surface area contributed by atoms with Crippen molar-refractivity contribution in [3.63, 3.8) is 0 Å². The van der Waals surface area contributed by atoms with E-state index in [9.17, 15) is 14.7 Å². The number of nitrogens with one attached hydrogen (secondary N) is 3. The summed E-state index contributed by atoms with van der Waals surface area (Å²) in [5.41, 5.74) is 1.35. The molecule has 2 heterocycles. The van der Waals surface area contributed by atoms with E-state index in [1.54, 1.807) is 30.5 Å². The molecule has 3 rings (SSSR count). The molecular weight excluding hydrogens is 420 g/mol. The molecule has 8 nitrogen and oxygen atoms in total. The Kier molecular flexibility index (Phi) is 8.63. The zero-order chi connectivity index (χ0) is 22.1. The van der Waals surface area contributed by atoms with Gasteiger partial charge in [0.05, 0.1) is 25.2 Å². The minimum atomic E-state index is -0.501. The molecule has 1 aliphatic heterocycles. The molecule has 1 saturated heterocycles. The van der Waals surface area contributed by atoms with Gasteiger partial charge >= 0.3 is 6.03 Å². The van der Waals surface area contributed by atoms with E-state index in [1.807, 2.05) is 18.2 Å². The van der Waals surface area contributed by atoms with E-state index in [0.717, 1.165) is 12.1 Å². The first kappa shape index (κ1) is 23.0. The van der Waals surface area contributed by atoms with Crippen LogP contribution in [0, 0.1) is 0 Å². The van der Waals surface area contributed by atoms with Gasteiger partial charge in [0.1, 0.15) is 6.10 Å². The Labute approximate surface area is 186 Å². The quantitative estimate of drug-likeness (QED) is 0.497. The summed E-state index contributed by atoms with van der Waals surface area (Å²) in [4.78, 5) is 28.4. The number of ether oxygens (including phenoxy) is 1. The first-order chi connectivity index (χ1) is 15.0. The van der Waals surface area contributed by atoms with Gasteiger partial charge in [-0.15, -0.1) is 0 Å². The molecule has 3 amide bonds. The van der Waals surface area contributed by atoms with Crippen molar-refractivity contribution >= 4 is 29.2 Å². The molecule has 0 spiro atoms. The highest BCUT2D eigenvalue weighted by atomic mass is 35.5. The van der Waals surface area contributed by atoms with Crippen LogP contribution >= 0.6 is 11.6 Å². The van der Waals surface area contributed by atoms with Gasteiger partial charge in [0.2, 0.25) is 5.91 Å². The van der Waals surface area contributed by atoms with E-state index < -0.39 is 6.10 Å². The van der Waals surface area contributed by atoms with E-state index in [1.165, 1.54) is 0 Å². The lowest BCUT2D eigenvalue weighted by molar-refractivity contribution is -0.121. The molecule has 9 heteroatoms. The lowest BCUT2D eigenvalue weighted by Gasteiger charge is -2.36. The van der Waals surface area contributed by atoms with Gasteiger partial charge in [0.15, 0.2) is 0 Å². The molecule has 1 aromatic carbocycles. The van der Waals surface area contributed by atoms with Gasteiger partial charge in [-0.25, -0.2) is 4.79 Å². The van der Waals surface area contributed by atoms with Crippen molar-refractivity contribution in [3.05, 3.63) is 59.4 Å². The highest BCUT2D eigenvalue weighted by Gasteiger charge is 2.31. The second-order valence-electron chi connectivity index (χ2n) is 7.40. The standard InChI is InChI=1S/C22H27ClN4O4/c23-15-4-6-16(7-5-15)26-22(30)27-19-9-8-18(31-20(19)14-28)10-12-25-21(29)13-17-3-1-2-11-24-17/h1-7,11,18-20,28H,8-10,12-14H2,(H,25,29)(H2,26,27,30)/t18-,19+,20-/m0/s1. The Hall–Kier alpha value is -2.68. The molecule has 0 unspecified atom stereocenters. The van der Waals surface area contributed by atoms with Crippen molar-refractivity contribution in [1.82, 2.24) is 15.6 Å². The summed E-state index contributed by atoms with van der Waals surface area (Å²) in [7, 11) is 0. The number of urea groups is 1. The number of aliphatic hydroxyl groups excluding tert-OH is 1. The Bertz CT molecular complexity index is 850. The summed E-state index contributed by atoms with van der Waals surface area (Å²) < 4.78 is 5.94. The summed E-state index contributed by atoms with van der Waals surface area (Å²) in [6.07, 6.45) is 3.33. The van der Waals surface area contributed by atoms with Gasteiger partial charge in [0.25, 0.3) is 0 Å². The molecule has 4 N–H and O–H groups in total. The predicted octanol–water partition coefficient (Wildman–Crippen LogP) is 2.51. The van der Waals surface area contributed by atoms with Crippen LogP contribution in [0.4, 0.5) is 10.5 Å². The van der Waals surface area contributed by atoms with Gasteiger partial charge in [-0.3, -0.25) is 9.78 Å². The number of rotatable bonds is 8. The lowest BCUT2D eigenvalue weighted by Crippen LogP contribution is -2.52. The van der Waals surface area contributed by atoms with Crippen molar-refractivity contribution in [3.8, 4) is 0 Å². The number of pyridine rings is 1. The van der Waals surface area contributed by atoms with Gasteiger partial charge in [-0.2, -0.15) is 0 Å². The van der Waals surface area contributed by atoms with Crippen LogP contribution in [0.2, 0.25) is 5.02 Å². The van der Waals surface area contributed by atoms with Crippen LogP contribution in [0.25, 0.3) is 0 Å². The number of aromatic nitrogens is 1. The highest BCUT2D eigenvalue weighted by Crippen LogP contribution is 2.22. The van der Waals surface area contributed by atoms with Crippen molar-refractivity contribution in [2.45, 2.75) is 43.9 Å². The lowest BCUT2D eigenvalue weighted by atomic mass is 9.97. The smallest absolute Gasteiger partial charge is 0.319 e. The van der Waals surface area contributed by atoms with Crippen molar-refractivity contribution in [2.24, 2.45) is 0 Å². The number of aliphatic hydroxyl groups is 1. The Morgan fingerprint density at radius 1 is 1.16 bits per heavy atom. The zero-order valence-electron chi connectivity index (χ0n) is 17.1. The zero-order valence-corrected chi connectivity index (χ0v) is 17.8. The fourth-order valence-corrected chi connectivity index (χ4v) is 3.61. The maximum atomic E-state index is 12.3. The molecule has 0 saturated carbocycles. The normalized spacial score (nSPS) is 20.6. The molecule has 1 aromatic heterocycles. The first-order valence-electron chi connectivity index (χ1n) is 10.3. The molecule has 0 aliphatic carbocycles. The average molecular weight is 447 g/mol. The Balaban J connectivity index is 1.39. The summed E-state index contributed by atoms with van der Waals surface area (Å²) in [5, 5.41) is 18.8. The molecule has 1 fully saturated rings. The number of amides is 3. The largest absolute Gasteiger partial charge is 0.394 e. The number of anilines is 1. The summed E-state index contributed by atoms with van der Waals surface area (Å²) in [6, 6.07) is 11.6. The SMILES string of the molecule is O=C(Cc1ccccn1)NCC[C@@H]1CC[C@@H](NC(=O)Nc2ccc(Cl)cc2)[C@H](CO)O1. The molecule has 3 atom stereocenters. The third kappa shape index (κ3) is 7.50. The molecule has 0 bridgehead atoms. The van der Waals surface area contributed by atoms with Gasteiger partial charge < -0.3 is 25.8 Å². The number of benzene rings is 1. The maximum absolute atomic E-state index is 12.3. The van der Waals surface area contributed by atoms with Crippen molar-refractivity contribution in [2.75, 3.05) is 18.5 Å². The van der Waals surface area contributed by atoms with Crippen molar-refractivity contribution in [1.29, 1.82) is 0 Å². The molecule has 2 aromatic rings. The summed E-state index contributed by atoms with van der Waals surface area (Å²) in [6.45, 7) is 0.276. The number of hydrogen-bond donors (Lipinski definition) is 4. The monoisotopic (exact) mass is 446 g/mol. The number of halogens is 1. The van der Waals surface area contributed by atoms with Crippen LogP contribution < -0.4 is 16.0 Å². The van der Waals surface area contributed by atoms with Crippen LogP contribution in [0.3, 0.4) is 0 Å². The minimum Gasteiger partial charge on any atom is -0.394 e. The number of carbonyl (C=O) groups is 2. The minimum absolute atomic E-state index is 0.0911. The fraction of sp³-hybridized carbons (Fsp3) is 0.409. The third-order valence-corrected chi connectivity index (χ3v) is 5.32. The second kappa shape index (κ2) is 11.6. The summed E-state index contributed by atoms with van der Waals surface area (Å²) in [5.74, 6) is -0.0911. The highest BCUT2D eigenvalue weighted by molar-refractivity contribution is 6.30. The number of carbonyl (C=O) groups excluding carboxylic acids is 2. The fourth-order valence-electron chi connectivity index (χ4n) is 3.48. The Morgan fingerprint density at radius 2 is 1.97 bits per heavy atom. The van der Waals surface area contributed by atoms with Gasteiger partial charge in [-0.1, -0.05) is 17.7 Å². The summed E-state index contributed by atoms with van der Waals surface area (Å²) >= 11 is 5.85. The van der Waals surface area contributed by atoms with Crippen LogP contribution in [-0.2, 0) is 16.0 Å². The Morgan fingerprint density at radius 3 is 2.68 bits per heavy atom. The molecule has 0 radical (unpaired) electrons. The van der Waals surface area contributed by atoms with Gasteiger partial charge in [-0.05, 0) is 55.7 Å². The third-order valence-electron chi connectivity index (χ3n) is 5.07. The molecule has 31 heavy (non-hydrogen) atoms. The van der Waals surface area contributed by atoms with E-state index in [4.69, 9.17) is 16.3 Å². The van der Waals surface area contributed by atoms with E-state index >= 15 is 0 Å². The van der Waals surface area contributed by atoms with Crippen molar-refractivity contribution < 1.29 is 19.4 Å². The van der Waals surface area contributed by atoms with Crippen LogP contribution in [0.1, 0.15) is 25.0 Å². The molecule has 166 valence electrons. The maximum Gasteiger partial charge on any atom is 0.319 e. The van der Waals surface area contributed by atoms with Crippen LogP contribution in [0.15, 0.2) is 48.7 Å². The molecule has 1 aliphatic rings. The van der Waals surface area contributed by atoms with Crippen LogP contribution in [0.5, 0.6) is 0 Å². The first-order valence-corrected chi connectivity index (χ1v) is 10.7. The van der Waals surface area contributed by atoms with E-state index in [2.05, 4.69) is 20.9 Å². The topological polar surface area (TPSA) is 113 Å². The second-order valence-corrected chi connectivity index (χ2v) is 7.84.